The van der Waals surface area contributed by atoms with Gasteiger partial charge in [0.1, 0.15) is 0 Å². The fraction of sp³-hybridized carbons (Fsp3) is 0.353. The molecule has 1 aliphatic rings. The number of amides is 1. The smallest absolute Gasteiger partial charge is 0.276 e. The third-order valence-corrected chi connectivity index (χ3v) is 3.95. The van der Waals surface area contributed by atoms with Crippen molar-refractivity contribution in [2.75, 3.05) is 32.7 Å². The summed E-state index contributed by atoms with van der Waals surface area (Å²) in [4.78, 5) is 16.5. The molecule has 0 bridgehead atoms. The number of aromatic nitrogens is 3. The fourth-order valence-electron chi connectivity index (χ4n) is 2.64. The lowest BCUT2D eigenvalue weighted by atomic mass is 10.2. The van der Waals surface area contributed by atoms with E-state index in [9.17, 15) is 4.79 Å². The van der Waals surface area contributed by atoms with Crippen LogP contribution in [0, 0.1) is 0 Å². The summed E-state index contributed by atoms with van der Waals surface area (Å²) in [5.74, 6) is -0.0300. The molecule has 6 nitrogen and oxygen atoms in total. The topological polar surface area (TPSA) is 54.3 Å². The molecule has 6 heteroatoms. The number of carbonyl (C=O) groups excluding carboxylic acids is 1. The van der Waals surface area contributed by atoms with Crippen LogP contribution in [0.4, 0.5) is 0 Å². The summed E-state index contributed by atoms with van der Waals surface area (Å²) in [7, 11) is 1.76. The molecule has 1 aromatic heterocycles. The summed E-state index contributed by atoms with van der Waals surface area (Å²) in [6.07, 6.45) is 5.98. The van der Waals surface area contributed by atoms with Crippen LogP contribution in [0.15, 0.2) is 42.6 Å². The lowest BCUT2D eigenvalue weighted by Gasteiger charge is -2.33. The Hall–Kier alpha value is -2.47. The van der Waals surface area contributed by atoms with Crippen LogP contribution in [0.2, 0.25) is 0 Å². The van der Waals surface area contributed by atoms with Crippen LogP contribution in [0.3, 0.4) is 0 Å². The summed E-state index contributed by atoms with van der Waals surface area (Å²) in [6.45, 7) is 4.13. The Bertz CT molecular complexity index is 671. The Kier molecular flexibility index (Phi) is 4.83. The van der Waals surface area contributed by atoms with Crippen LogP contribution < -0.4 is 0 Å². The molecular weight excluding hydrogens is 290 g/mol. The van der Waals surface area contributed by atoms with E-state index in [-0.39, 0.29) is 5.91 Å². The number of benzene rings is 1. The van der Waals surface area contributed by atoms with Gasteiger partial charge in [0.25, 0.3) is 5.91 Å². The summed E-state index contributed by atoms with van der Waals surface area (Å²) in [6, 6.07) is 10.3. The van der Waals surface area contributed by atoms with E-state index < -0.39 is 0 Å². The first-order valence-corrected chi connectivity index (χ1v) is 7.82. The molecule has 0 aliphatic carbocycles. The van der Waals surface area contributed by atoms with Crippen molar-refractivity contribution < 1.29 is 4.79 Å². The molecule has 2 aromatic rings. The molecule has 3 rings (SSSR count). The molecule has 23 heavy (non-hydrogen) atoms. The first-order valence-electron chi connectivity index (χ1n) is 7.82. The molecule has 0 radical (unpaired) electrons. The summed E-state index contributed by atoms with van der Waals surface area (Å²) in [5.41, 5.74) is 1.63. The first-order chi connectivity index (χ1) is 11.2. The van der Waals surface area contributed by atoms with Gasteiger partial charge in [-0.2, -0.15) is 0 Å². The van der Waals surface area contributed by atoms with E-state index >= 15 is 0 Å². The number of carbonyl (C=O) groups is 1. The summed E-state index contributed by atoms with van der Waals surface area (Å²) < 4.78 is 1.55. The predicted octanol–water partition coefficient (Wildman–Crippen LogP) is 1.29. The van der Waals surface area contributed by atoms with Crippen LogP contribution >= 0.6 is 0 Å². The van der Waals surface area contributed by atoms with Crippen LogP contribution in [0.25, 0.3) is 6.08 Å². The lowest BCUT2D eigenvalue weighted by molar-refractivity contribution is 0.0644. The number of aryl methyl sites for hydroxylation is 1. The van der Waals surface area contributed by atoms with Crippen LogP contribution in [-0.4, -0.2) is 63.4 Å². The highest BCUT2D eigenvalue weighted by Gasteiger charge is 2.23. The molecule has 0 saturated carbocycles. The Morgan fingerprint density at radius 3 is 2.57 bits per heavy atom. The van der Waals surface area contributed by atoms with Crippen molar-refractivity contribution >= 4 is 12.0 Å². The van der Waals surface area contributed by atoms with Crippen molar-refractivity contribution in [3.63, 3.8) is 0 Å². The van der Waals surface area contributed by atoms with Crippen LogP contribution in [-0.2, 0) is 7.05 Å². The monoisotopic (exact) mass is 311 g/mol. The van der Waals surface area contributed by atoms with Crippen LogP contribution in [0.5, 0.6) is 0 Å². The van der Waals surface area contributed by atoms with Crippen LogP contribution in [0.1, 0.15) is 16.1 Å². The largest absolute Gasteiger partial charge is 0.335 e. The van der Waals surface area contributed by atoms with Crippen molar-refractivity contribution in [3.05, 3.63) is 53.9 Å². The van der Waals surface area contributed by atoms with Crippen molar-refractivity contribution in [2.45, 2.75) is 0 Å². The second-order valence-corrected chi connectivity index (χ2v) is 5.68. The predicted molar refractivity (Wildman–Crippen MR) is 88.8 cm³/mol. The Morgan fingerprint density at radius 2 is 1.91 bits per heavy atom. The lowest BCUT2D eigenvalue weighted by Crippen LogP contribution is -2.48. The highest BCUT2D eigenvalue weighted by atomic mass is 16.2. The zero-order valence-electron chi connectivity index (χ0n) is 13.3. The van der Waals surface area contributed by atoms with E-state index in [0.29, 0.717) is 5.69 Å². The van der Waals surface area contributed by atoms with Crippen molar-refractivity contribution in [2.24, 2.45) is 7.05 Å². The van der Waals surface area contributed by atoms with E-state index in [1.165, 1.54) is 5.56 Å². The zero-order chi connectivity index (χ0) is 16.1. The maximum absolute atomic E-state index is 12.3. The van der Waals surface area contributed by atoms with Gasteiger partial charge in [0.2, 0.25) is 0 Å². The molecule has 0 N–H and O–H groups in total. The second kappa shape index (κ2) is 7.19. The molecule has 1 aliphatic heterocycles. The minimum atomic E-state index is -0.0300. The normalized spacial score (nSPS) is 16.1. The van der Waals surface area contributed by atoms with Gasteiger partial charge in [-0.15, -0.1) is 5.10 Å². The average Bonchev–Trinajstić information content (AvgIpc) is 3.02. The highest BCUT2D eigenvalue weighted by Crippen LogP contribution is 2.07. The van der Waals surface area contributed by atoms with Crippen molar-refractivity contribution in [3.8, 4) is 0 Å². The minimum absolute atomic E-state index is 0.0300. The SMILES string of the molecule is Cn1cc(C(=O)N2CCN(C/C=C/c3ccccc3)CC2)nn1. The van der Waals surface area contributed by atoms with Crippen molar-refractivity contribution in [1.82, 2.24) is 24.8 Å². The molecule has 1 aromatic carbocycles. The maximum Gasteiger partial charge on any atom is 0.276 e. The second-order valence-electron chi connectivity index (χ2n) is 5.68. The van der Waals surface area contributed by atoms with Gasteiger partial charge in [0, 0.05) is 39.8 Å². The number of rotatable bonds is 4. The summed E-state index contributed by atoms with van der Waals surface area (Å²) in [5, 5.41) is 7.71. The van der Waals surface area contributed by atoms with Gasteiger partial charge in [0.05, 0.1) is 6.20 Å². The molecule has 0 spiro atoms. The van der Waals surface area contributed by atoms with Gasteiger partial charge in [-0.05, 0) is 5.56 Å². The molecular formula is C17H21N5O. The minimum Gasteiger partial charge on any atom is -0.335 e. The molecule has 2 heterocycles. The summed E-state index contributed by atoms with van der Waals surface area (Å²) >= 11 is 0. The Labute approximate surface area is 136 Å². The zero-order valence-corrected chi connectivity index (χ0v) is 13.3. The number of nitrogens with zero attached hydrogens (tertiary/aromatic N) is 5. The molecule has 1 fully saturated rings. The number of piperazine rings is 1. The number of hydrogen-bond acceptors (Lipinski definition) is 4. The van der Waals surface area contributed by atoms with Gasteiger partial charge in [0.15, 0.2) is 5.69 Å². The highest BCUT2D eigenvalue weighted by molar-refractivity contribution is 5.92. The Morgan fingerprint density at radius 1 is 1.17 bits per heavy atom. The Balaban J connectivity index is 1.47. The molecule has 1 amide bonds. The van der Waals surface area contributed by atoms with Gasteiger partial charge in [-0.1, -0.05) is 47.7 Å². The fourth-order valence-corrected chi connectivity index (χ4v) is 2.64. The third-order valence-electron chi connectivity index (χ3n) is 3.95. The molecule has 0 unspecified atom stereocenters. The van der Waals surface area contributed by atoms with E-state index in [1.807, 2.05) is 23.1 Å². The number of hydrogen-bond donors (Lipinski definition) is 0. The van der Waals surface area contributed by atoms with Gasteiger partial charge < -0.3 is 4.90 Å². The third kappa shape index (κ3) is 4.04. The standard InChI is InChI=1S/C17H21N5O/c1-20-14-16(18-19-20)17(23)22-12-10-21(11-13-22)9-5-8-15-6-3-2-4-7-15/h2-8,14H,9-13H2,1H3/b8-5+. The molecule has 0 atom stereocenters. The van der Waals surface area contributed by atoms with Gasteiger partial charge >= 0.3 is 0 Å². The van der Waals surface area contributed by atoms with Gasteiger partial charge in [-0.3, -0.25) is 14.4 Å². The van der Waals surface area contributed by atoms with E-state index in [2.05, 4.69) is 39.5 Å². The maximum atomic E-state index is 12.3. The van der Waals surface area contributed by atoms with E-state index in [0.717, 1.165) is 32.7 Å². The average molecular weight is 311 g/mol. The van der Waals surface area contributed by atoms with E-state index in [4.69, 9.17) is 0 Å². The first kappa shape index (κ1) is 15.4. The molecule has 120 valence electrons. The quantitative estimate of drug-likeness (QED) is 0.854. The van der Waals surface area contributed by atoms with E-state index in [1.54, 1.807) is 17.9 Å². The van der Waals surface area contributed by atoms with Crippen molar-refractivity contribution in [1.29, 1.82) is 0 Å². The van der Waals surface area contributed by atoms with Gasteiger partial charge in [-0.25, -0.2) is 0 Å². The molecule has 1 saturated heterocycles.